The lowest BCUT2D eigenvalue weighted by molar-refractivity contribution is -0.129. The fourth-order valence-electron chi connectivity index (χ4n) is 2.20. The van der Waals surface area contributed by atoms with E-state index >= 15 is 0 Å². The van der Waals surface area contributed by atoms with Crippen molar-refractivity contribution in [3.8, 4) is 5.75 Å². The van der Waals surface area contributed by atoms with Crippen LogP contribution in [0.5, 0.6) is 5.75 Å². The maximum Gasteiger partial charge on any atom is 0.221 e. The number of carbonyl (C=O) groups is 2. The molecule has 2 amide bonds. The van der Waals surface area contributed by atoms with E-state index in [9.17, 15) is 9.59 Å². The van der Waals surface area contributed by atoms with Crippen molar-refractivity contribution in [2.45, 2.75) is 33.1 Å². The summed E-state index contributed by atoms with van der Waals surface area (Å²) in [6, 6.07) is 7.80. The predicted octanol–water partition coefficient (Wildman–Crippen LogP) is 2.00. The predicted molar refractivity (Wildman–Crippen MR) is 86.9 cm³/mol. The molecule has 1 rings (SSSR count). The molecule has 0 fully saturated rings. The lowest BCUT2D eigenvalue weighted by Crippen LogP contribution is -2.34. The third-order valence-corrected chi connectivity index (χ3v) is 3.42. The molecule has 0 spiro atoms. The van der Waals surface area contributed by atoms with Gasteiger partial charge in [0.2, 0.25) is 11.8 Å². The molecule has 1 aromatic rings. The monoisotopic (exact) mass is 306 g/mol. The molecule has 0 atom stereocenters. The molecule has 0 radical (unpaired) electrons. The fourth-order valence-corrected chi connectivity index (χ4v) is 2.20. The van der Waals surface area contributed by atoms with Crippen molar-refractivity contribution in [2.75, 3.05) is 26.7 Å². The van der Waals surface area contributed by atoms with E-state index in [1.165, 1.54) is 6.92 Å². The summed E-state index contributed by atoms with van der Waals surface area (Å²) >= 11 is 0. The van der Waals surface area contributed by atoms with E-state index in [4.69, 9.17) is 4.74 Å². The molecule has 122 valence electrons. The lowest BCUT2D eigenvalue weighted by atomic mass is 10.1. The van der Waals surface area contributed by atoms with Gasteiger partial charge in [0.1, 0.15) is 5.75 Å². The Morgan fingerprint density at radius 1 is 1.27 bits per heavy atom. The van der Waals surface area contributed by atoms with Gasteiger partial charge in [-0.3, -0.25) is 9.59 Å². The number of ether oxygens (including phenoxy) is 1. The van der Waals surface area contributed by atoms with Crippen molar-refractivity contribution in [2.24, 2.45) is 0 Å². The number of rotatable bonds is 9. The summed E-state index contributed by atoms with van der Waals surface area (Å²) in [5, 5.41) is 2.89. The van der Waals surface area contributed by atoms with Gasteiger partial charge in [-0.1, -0.05) is 19.1 Å². The van der Waals surface area contributed by atoms with Crippen LogP contribution in [0.1, 0.15) is 32.3 Å². The van der Waals surface area contributed by atoms with Gasteiger partial charge in [-0.25, -0.2) is 0 Å². The molecule has 0 saturated heterocycles. The van der Waals surface area contributed by atoms with E-state index in [1.807, 2.05) is 31.2 Å². The highest BCUT2D eigenvalue weighted by atomic mass is 16.5. The van der Waals surface area contributed by atoms with Crippen molar-refractivity contribution >= 4 is 11.8 Å². The molecule has 0 bridgehead atoms. The number of nitrogens with zero attached hydrogens (tertiary/aromatic N) is 1. The molecular weight excluding hydrogens is 280 g/mol. The largest absolute Gasteiger partial charge is 0.497 e. The van der Waals surface area contributed by atoms with Crippen LogP contribution in [0.15, 0.2) is 24.3 Å². The first kappa shape index (κ1) is 18.0. The van der Waals surface area contributed by atoms with Crippen molar-refractivity contribution in [1.82, 2.24) is 10.2 Å². The van der Waals surface area contributed by atoms with Crippen molar-refractivity contribution < 1.29 is 14.3 Å². The van der Waals surface area contributed by atoms with Crippen LogP contribution in [-0.2, 0) is 16.0 Å². The molecule has 1 aromatic carbocycles. The molecule has 0 aliphatic carbocycles. The van der Waals surface area contributed by atoms with Gasteiger partial charge in [0.05, 0.1) is 7.11 Å². The fraction of sp³-hybridized carbons (Fsp3) is 0.529. The number of hydrogen-bond acceptors (Lipinski definition) is 3. The molecule has 0 aliphatic heterocycles. The summed E-state index contributed by atoms with van der Waals surface area (Å²) < 4.78 is 5.17. The summed E-state index contributed by atoms with van der Waals surface area (Å²) in [4.78, 5) is 24.9. The van der Waals surface area contributed by atoms with E-state index in [0.717, 1.165) is 24.2 Å². The Kier molecular flexibility index (Phi) is 8.04. The quantitative estimate of drug-likeness (QED) is 0.759. The van der Waals surface area contributed by atoms with Gasteiger partial charge >= 0.3 is 0 Å². The summed E-state index contributed by atoms with van der Waals surface area (Å²) in [7, 11) is 1.64. The van der Waals surface area contributed by atoms with Gasteiger partial charge in [0.25, 0.3) is 0 Å². The first-order chi connectivity index (χ1) is 10.6. The second kappa shape index (κ2) is 9.82. The highest BCUT2D eigenvalue weighted by Crippen LogP contribution is 2.12. The Bertz CT molecular complexity index is 489. The zero-order valence-electron chi connectivity index (χ0n) is 13.7. The lowest BCUT2D eigenvalue weighted by Gasteiger charge is -2.19. The van der Waals surface area contributed by atoms with Crippen LogP contribution >= 0.6 is 0 Å². The van der Waals surface area contributed by atoms with Crippen molar-refractivity contribution in [3.05, 3.63) is 29.8 Å². The van der Waals surface area contributed by atoms with Gasteiger partial charge in [0.15, 0.2) is 0 Å². The van der Waals surface area contributed by atoms with E-state index in [-0.39, 0.29) is 11.8 Å². The highest BCUT2D eigenvalue weighted by Gasteiger charge is 2.09. The van der Waals surface area contributed by atoms with E-state index in [2.05, 4.69) is 5.32 Å². The minimum absolute atomic E-state index is 0.0195. The average Bonchev–Trinajstić information content (AvgIpc) is 2.51. The van der Waals surface area contributed by atoms with E-state index in [1.54, 1.807) is 12.0 Å². The van der Waals surface area contributed by atoms with Crippen LogP contribution < -0.4 is 10.1 Å². The van der Waals surface area contributed by atoms with Crippen LogP contribution in [0.3, 0.4) is 0 Å². The summed E-state index contributed by atoms with van der Waals surface area (Å²) in [5.74, 6) is 0.816. The smallest absolute Gasteiger partial charge is 0.221 e. The van der Waals surface area contributed by atoms with Crippen LogP contribution in [0, 0.1) is 0 Å². The molecule has 0 saturated carbocycles. The number of methoxy groups -OCH3 is 1. The molecule has 0 heterocycles. The van der Waals surface area contributed by atoms with Crippen LogP contribution in [0.4, 0.5) is 0 Å². The van der Waals surface area contributed by atoms with Crippen LogP contribution in [0.2, 0.25) is 0 Å². The number of carbonyl (C=O) groups excluding carboxylic acids is 2. The van der Waals surface area contributed by atoms with E-state index < -0.39 is 0 Å². The minimum atomic E-state index is -0.0229. The number of hydrogen-bond donors (Lipinski definition) is 1. The molecular formula is C17H26N2O3. The average molecular weight is 306 g/mol. The van der Waals surface area contributed by atoms with Gasteiger partial charge in [-0.15, -0.1) is 0 Å². The van der Waals surface area contributed by atoms with Gasteiger partial charge in [-0.2, -0.15) is 0 Å². The maximum absolute atomic E-state index is 11.8. The standard InChI is InChI=1S/C17H26N2O3/c1-4-11-19(14(2)20)12-9-17(21)18-10-8-15-6-5-7-16(13-15)22-3/h5-7,13H,4,8-12H2,1-3H3,(H,18,21). The highest BCUT2D eigenvalue weighted by molar-refractivity contribution is 5.78. The SMILES string of the molecule is CCCN(CCC(=O)NCCc1cccc(OC)c1)C(C)=O. The molecule has 5 nitrogen and oxygen atoms in total. The molecule has 22 heavy (non-hydrogen) atoms. The maximum atomic E-state index is 11.8. The zero-order chi connectivity index (χ0) is 16.4. The molecule has 0 unspecified atom stereocenters. The Labute approximate surface area is 132 Å². The molecule has 1 N–H and O–H groups in total. The normalized spacial score (nSPS) is 10.1. The zero-order valence-corrected chi connectivity index (χ0v) is 13.7. The first-order valence-corrected chi connectivity index (χ1v) is 7.72. The topological polar surface area (TPSA) is 58.6 Å². The Morgan fingerprint density at radius 3 is 2.68 bits per heavy atom. The van der Waals surface area contributed by atoms with E-state index in [0.29, 0.717) is 26.1 Å². The van der Waals surface area contributed by atoms with Crippen molar-refractivity contribution in [1.29, 1.82) is 0 Å². The van der Waals surface area contributed by atoms with Crippen LogP contribution in [-0.4, -0.2) is 43.5 Å². The molecule has 0 aliphatic rings. The first-order valence-electron chi connectivity index (χ1n) is 7.72. The summed E-state index contributed by atoms with van der Waals surface area (Å²) in [6.45, 7) is 5.32. The summed E-state index contributed by atoms with van der Waals surface area (Å²) in [6.07, 6.45) is 2.00. The Balaban J connectivity index is 2.29. The molecule has 0 aromatic heterocycles. The number of amides is 2. The number of benzene rings is 1. The third kappa shape index (κ3) is 6.61. The minimum Gasteiger partial charge on any atom is -0.497 e. The van der Waals surface area contributed by atoms with Gasteiger partial charge < -0.3 is 15.0 Å². The number of nitrogens with one attached hydrogen (secondary N) is 1. The molecule has 5 heteroatoms. The second-order valence-electron chi connectivity index (χ2n) is 5.21. The Hall–Kier alpha value is -2.04. The second-order valence-corrected chi connectivity index (χ2v) is 5.21. The van der Waals surface area contributed by atoms with Gasteiger partial charge in [0, 0.05) is 33.0 Å². The van der Waals surface area contributed by atoms with Gasteiger partial charge in [-0.05, 0) is 30.5 Å². The third-order valence-electron chi connectivity index (χ3n) is 3.42. The van der Waals surface area contributed by atoms with Crippen molar-refractivity contribution in [3.63, 3.8) is 0 Å². The summed E-state index contributed by atoms with van der Waals surface area (Å²) in [5.41, 5.74) is 1.12. The van der Waals surface area contributed by atoms with Crippen LogP contribution in [0.25, 0.3) is 0 Å². The Morgan fingerprint density at radius 2 is 2.05 bits per heavy atom.